The quantitative estimate of drug-likeness (QED) is 0.270. The van der Waals surface area contributed by atoms with E-state index in [1.54, 1.807) is 12.1 Å². The van der Waals surface area contributed by atoms with Gasteiger partial charge in [0.2, 0.25) is 0 Å². The number of nitrogens with zero attached hydrogens (tertiary/aromatic N) is 3. The Bertz CT molecular complexity index is 1260. The predicted octanol–water partition coefficient (Wildman–Crippen LogP) is 4.10. The van der Waals surface area contributed by atoms with Crippen molar-refractivity contribution in [2.45, 2.75) is 0 Å². The van der Waals surface area contributed by atoms with E-state index in [9.17, 15) is 14.9 Å². The molecule has 0 atom stereocenters. The van der Waals surface area contributed by atoms with Crippen LogP contribution in [0, 0.1) is 10.1 Å². The summed E-state index contributed by atoms with van der Waals surface area (Å²) in [5.41, 5.74) is 4.88. The minimum Gasteiger partial charge on any atom is -0.376 e. The Morgan fingerprint density at radius 1 is 1.00 bits per heavy atom. The molecule has 4 rings (SSSR count). The molecule has 0 aliphatic heterocycles. The van der Waals surface area contributed by atoms with Crippen LogP contribution in [0.1, 0.15) is 5.69 Å². The smallest absolute Gasteiger partial charge is 0.269 e. The number of benzene rings is 3. The summed E-state index contributed by atoms with van der Waals surface area (Å²) in [6.45, 7) is 0.0781. The zero-order chi connectivity index (χ0) is 21.6. The zero-order valence-electron chi connectivity index (χ0n) is 16.4. The number of nitro benzene ring substituents is 1. The highest BCUT2D eigenvalue weighted by atomic mass is 16.6. The monoisotopic (exact) mass is 413 g/mol. The van der Waals surface area contributed by atoms with E-state index in [1.807, 2.05) is 65.4 Å². The van der Waals surface area contributed by atoms with E-state index in [0.29, 0.717) is 0 Å². The predicted molar refractivity (Wildman–Crippen MR) is 121 cm³/mol. The number of fused-ring (bicyclic) bond motifs is 1. The minimum absolute atomic E-state index is 0.0251. The number of carbonyl (C=O) groups is 1. The van der Waals surface area contributed by atoms with Gasteiger partial charge >= 0.3 is 0 Å². The third kappa shape index (κ3) is 4.59. The van der Waals surface area contributed by atoms with Crippen LogP contribution in [0.4, 0.5) is 11.4 Å². The molecular weight excluding hydrogens is 394 g/mol. The summed E-state index contributed by atoms with van der Waals surface area (Å²) in [5, 5.41) is 20.1. The highest BCUT2D eigenvalue weighted by molar-refractivity contribution is 5.95. The lowest BCUT2D eigenvalue weighted by Gasteiger charge is -2.09. The normalized spacial score (nSPS) is 11.0. The maximum Gasteiger partial charge on any atom is 0.269 e. The molecule has 154 valence electrons. The summed E-state index contributed by atoms with van der Waals surface area (Å²) in [7, 11) is 0. The van der Waals surface area contributed by atoms with Crippen LogP contribution >= 0.6 is 0 Å². The van der Waals surface area contributed by atoms with Gasteiger partial charge in [-0.15, -0.1) is 0 Å². The molecule has 1 aromatic heterocycles. The second-order valence-corrected chi connectivity index (χ2v) is 6.75. The van der Waals surface area contributed by atoms with E-state index in [1.165, 1.54) is 18.3 Å². The third-order valence-electron chi connectivity index (χ3n) is 4.73. The first-order valence-corrected chi connectivity index (χ1v) is 9.57. The van der Waals surface area contributed by atoms with Gasteiger partial charge in [0.05, 0.1) is 23.4 Å². The van der Waals surface area contributed by atoms with Crippen molar-refractivity contribution in [2.24, 2.45) is 5.10 Å². The van der Waals surface area contributed by atoms with Crippen LogP contribution in [0.2, 0.25) is 0 Å². The number of rotatable bonds is 7. The average Bonchev–Trinajstić information content (AvgIpc) is 3.26. The Balaban J connectivity index is 1.37. The van der Waals surface area contributed by atoms with Gasteiger partial charge in [0.25, 0.3) is 11.6 Å². The van der Waals surface area contributed by atoms with Crippen molar-refractivity contribution < 1.29 is 9.72 Å². The van der Waals surface area contributed by atoms with Gasteiger partial charge in [-0.2, -0.15) is 5.10 Å². The largest absolute Gasteiger partial charge is 0.376 e. The first-order chi connectivity index (χ1) is 15.1. The number of nitrogens with one attached hydrogen (secondary N) is 2. The van der Waals surface area contributed by atoms with Crippen molar-refractivity contribution in [3.63, 3.8) is 0 Å². The average molecular weight is 413 g/mol. The number of carbonyl (C=O) groups excluding carboxylic acids is 1. The molecule has 8 heteroatoms. The summed E-state index contributed by atoms with van der Waals surface area (Å²) in [4.78, 5) is 22.5. The lowest BCUT2D eigenvalue weighted by Crippen LogP contribution is -2.26. The highest BCUT2D eigenvalue weighted by Gasteiger charge is 2.07. The van der Waals surface area contributed by atoms with Gasteiger partial charge < -0.3 is 9.88 Å². The lowest BCUT2D eigenvalue weighted by molar-refractivity contribution is -0.384. The van der Waals surface area contributed by atoms with E-state index in [4.69, 9.17) is 0 Å². The van der Waals surface area contributed by atoms with E-state index in [2.05, 4.69) is 15.8 Å². The highest BCUT2D eigenvalue weighted by Crippen LogP contribution is 2.22. The van der Waals surface area contributed by atoms with E-state index in [-0.39, 0.29) is 18.1 Å². The van der Waals surface area contributed by atoms with Crippen molar-refractivity contribution >= 4 is 34.3 Å². The molecule has 0 aliphatic carbocycles. The van der Waals surface area contributed by atoms with Gasteiger partial charge in [0.15, 0.2) is 0 Å². The number of anilines is 1. The summed E-state index contributed by atoms with van der Waals surface area (Å²) in [5.74, 6) is -0.280. The Kier molecular flexibility index (Phi) is 5.70. The second kappa shape index (κ2) is 8.91. The molecule has 0 saturated carbocycles. The van der Waals surface area contributed by atoms with Gasteiger partial charge in [-0.3, -0.25) is 14.9 Å². The number of hydrogen-bond donors (Lipinski definition) is 2. The molecule has 0 unspecified atom stereocenters. The van der Waals surface area contributed by atoms with Crippen molar-refractivity contribution in [3.05, 3.63) is 101 Å². The molecule has 0 fully saturated rings. The lowest BCUT2D eigenvalue weighted by atomic mass is 10.1. The number of aromatic nitrogens is 1. The van der Waals surface area contributed by atoms with Crippen LogP contribution in [0.15, 0.2) is 90.2 Å². The SMILES string of the molecule is O=C(CNc1cccc2ccccc12)NN=Cc1cccn1-c1ccc([N+](=O)[O-])cc1. The van der Waals surface area contributed by atoms with Gasteiger partial charge in [-0.05, 0) is 35.7 Å². The minimum atomic E-state index is -0.441. The molecule has 0 spiro atoms. The van der Waals surface area contributed by atoms with Crippen LogP contribution in [0.3, 0.4) is 0 Å². The molecular formula is C23H19N5O3. The van der Waals surface area contributed by atoms with E-state index in [0.717, 1.165) is 27.8 Å². The molecule has 31 heavy (non-hydrogen) atoms. The van der Waals surface area contributed by atoms with Crippen LogP contribution in [0.25, 0.3) is 16.5 Å². The molecule has 4 aromatic rings. The number of non-ortho nitro benzene ring substituents is 1. The maximum atomic E-state index is 12.2. The molecule has 3 aromatic carbocycles. The summed E-state index contributed by atoms with van der Waals surface area (Å²) >= 11 is 0. The molecule has 1 amide bonds. The number of nitro groups is 1. The first-order valence-electron chi connectivity index (χ1n) is 9.57. The molecule has 1 heterocycles. The Labute approximate surface area is 178 Å². The summed E-state index contributed by atoms with van der Waals surface area (Å²) < 4.78 is 1.81. The van der Waals surface area contributed by atoms with Crippen LogP contribution < -0.4 is 10.7 Å². The molecule has 0 bridgehead atoms. The fourth-order valence-electron chi connectivity index (χ4n) is 3.23. The number of hydrogen-bond acceptors (Lipinski definition) is 5. The molecule has 8 nitrogen and oxygen atoms in total. The second-order valence-electron chi connectivity index (χ2n) is 6.75. The van der Waals surface area contributed by atoms with E-state index < -0.39 is 4.92 Å². The standard InChI is InChI=1S/C23H19N5O3/c29-23(16-24-22-9-3-6-17-5-1-2-8-21(17)22)26-25-15-20-7-4-14-27(20)18-10-12-19(13-11-18)28(30)31/h1-15,24H,16H2,(H,26,29). The molecule has 0 saturated heterocycles. The number of hydrazone groups is 1. The Morgan fingerprint density at radius 2 is 1.77 bits per heavy atom. The van der Waals surface area contributed by atoms with Crippen LogP contribution in [-0.2, 0) is 4.79 Å². The van der Waals surface area contributed by atoms with Gasteiger partial charge in [-0.25, -0.2) is 5.43 Å². The van der Waals surface area contributed by atoms with Crippen LogP contribution in [0.5, 0.6) is 0 Å². The van der Waals surface area contributed by atoms with Crippen molar-refractivity contribution in [1.29, 1.82) is 0 Å². The van der Waals surface area contributed by atoms with Gasteiger partial charge in [0.1, 0.15) is 0 Å². The number of amides is 1. The third-order valence-corrected chi connectivity index (χ3v) is 4.73. The molecule has 0 radical (unpaired) electrons. The van der Waals surface area contributed by atoms with E-state index >= 15 is 0 Å². The first kappa shape index (κ1) is 19.8. The topological polar surface area (TPSA) is 102 Å². The summed E-state index contributed by atoms with van der Waals surface area (Å²) in [6, 6.07) is 23.7. The maximum absolute atomic E-state index is 12.2. The Morgan fingerprint density at radius 3 is 2.58 bits per heavy atom. The summed E-state index contributed by atoms with van der Waals surface area (Å²) in [6.07, 6.45) is 3.34. The zero-order valence-corrected chi connectivity index (χ0v) is 16.4. The van der Waals surface area contributed by atoms with Crippen molar-refractivity contribution in [3.8, 4) is 5.69 Å². The fourth-order valence-corrected chi connectivity index (χ4v) is 3.23. The van der Waals surface area contributed by atoms with Crippen molar-refractivity contribution in [1.82, 2.24) is 9.99 Å². The van der Waals surface area contributed by atoms with Crippen LogP contribution in [-0.4, -0.2) is 28.2 Å². The fraction of sp³-hybridized carbons (Fsp3) is 0.0435. The van der Waals surface area contributed by atoms with Crippen molar-refractivity contribution in [2.75, 3.05) is 11.9 Å². The molecule has 2 N–H and O–H groups in total. The molecule has 0 aliphatic rings. The van der Waals surface area contributed by atoms with Gasteiger partial charge in [-0.1, -0.05) is 36.4 Å². The van der Waals surface area contributed by atoms with Gasteiger partial charge in [0, 0.05) is 35.1 Å². The Hall–Kier alpha value is -4.46.